The van der Waals surface area contributed by atoms with Gasteiger partial charge in [-0.1, -0.05) is 24.3 Å². The summed E-state index contributed by atoms with van der Waals surface area (Å²) in [5, 5.41) is 10.0. The second kappa shape index (κ2) is 11.2. The molecule has 0 aliphatic rings. The van der Waals surface area contributed by atoms with Gasteiger partial charge in [0.05, 0.1) is 12.7 Å². The molecule has 0 bridgehead atoms. The summed E-state index contributed by atoms with van der Waals surface area (Å²) < 4.78 is 45.8. The average molecular weight is 469 g/mol. The molecular weight excluding hydrogens is 444 g/mol. The van der Waals surface area contributed by atoms with E-state index in [1.165, 1.54) is 7.11 Å². The van der Waals surface area contributed by atoms with E-state index in [0.717, 1.165) is 17.7 Å². The molecule has 9 heteroatoms. The molecule has 0 spiro atoms. The minimum absolute atomic E-state index is 0.0639. The van der Waals surface area contributed by atoms with E-state index in [1.807, 2.05) is 0 Å². The van der Waals surface area contributed by atoms with Crippen molar-refractivity contribution >= 4 is 11.7 Å². The molecule has 0 aliphatic carbocycles. The third-order valence-electron chi connectivity index (χ3n) is 4.91. The molecule has 7 nitrogen and oxygen atoms in total. The monoisotopic (exact) mass is 469 g/mol. The molecule has 3 aromatic rings. The van der Waals surface area contributed by atoms with Gasteiger partial charge < -0.3 is 25.3 Å². The van der Waals surface area contributed by atoms with Crippen LogP contribution >= 0.6 is 0 Å². The molecule has 1 atom stereocenters. The van der Waals surface area contributed by atoms with Gasteiger partial charge in [0, 0.05) is 30.8 Å². The van der Waals surface area contributed by atoms with Crippen LogP contribution in [-0.2, 0) is 16.1 Å². The lowest BCUT2D eigenvalue weighted by Gasteiger charge is -2.19. The molecule has 1 amide bonds. The van der Waals surface area contributed by atoms with Crippen molar-refractivity contribution in [2.45, 2.75) is 19.6 Å². The first-order valence-corrected chi connectivity index (χ1v) is 10.5. The Morgan fingerprint density at radius 2 is 1.59 bits per heavy atom. The van der Waals surface area contributed by atoms with E-state index in [2.05, 4.69) is 5.32 Å². The second-order valence-corrected chi connectivity index (χ2v) is 7.24. The van der Waals surface area contributed by atoms with Gasteiger partial charge in [0.25, 0.3) is 5.91 Å². The van der Waals surface area contributed by atoms with Crippen LogP contribution in [-0.4, -0.2) is 25.5 Å². The number of hydrogen-bond acceptors (Lipinski definition) is 5. The fourth-order valence-corrected chi connectivity index (χ4v) is 3.19. The number of benzene rings is 3. The molecule has 0 aliphatic heterocycles. The van der Waals surface area contributed by atoms with E-state index < -0.39 is 29.2 Å². The van der Waals surface area contributed by atoms with Gasteiger partial charge in [-0.25, -0.2) is 8.78 Å². The van der Waals surface area contributed by atoms with Crippen LogP contribution < -0.4 is 20.5 Å². The first kappa shape index (κ1) is 24.7. The van der Waals surface area contributed by atoms with Gasteiger partial charge in [0.1, 0.15) is 34.7 Å². The summed E-state index contributed by atoms with van der Waals surface area (Å²) in [4.78, 5) is 12.8. The maximum atomic E-state index is 14.9. The van der Waals surface area contributed by atoms with E-state index in [1.54, 1.807) is 55.5 Å². The lowest BCUT2D eigenvalue weighted by atomic mass is 10.1. The zero-order valence-electron chi connectivity index (χ0n) is 18.7. The van der Waals surface area contributed by atoms with Crippen LogP contribution in [0.4, 0.5) is 8.78 Å². The first-order chi connectivity index (χ1) is 16.3. The SMILES string of the molecule is CCOC(C(=O)NCc1ccc(C(=N)N)cc1)c1c(F)cc(Oc2ccc(OC)cc2)cc1F. The highest BCUT2D eigenvalue weighted by Crippen LogP contribution is 2.31. The van der Waals surface area contributed by atoms with Crippen molar-refractivity contribution in [2.24, 2.45) is 5.73 Å². The molecule has 0 saturated heterocycles. The summed E-state index contributed by atoms with van der Waals surface area (Å²) in [5.74, 6) is -1.80. The van der Waals surface area contributed by atoms with Crippen LogP contribution in [0.2, 0.25) is 0 Å². The number of halogens is 2. The smallest absolute Gasteiger partial charge is 0.254 e. The van der Waals surface area contributed by atoms with Gasteiger partial charge >= 0.3 is 0 Å². The highest BCUT2D eigenvalue weighted by Gasteiger charge is 2.28. The molecule has 4 N–H and O–H groups in total. The Morgan fingerprint density at radius 3 is 2.12 bits per heavy atom. The zero-order valence-corrected chi connectivity index (χ0v) is 18.7. The minimum atomic E-state index is -1.49. The normalized spacial score (nSPS) is 11.5. The second-order valence-electron chi connectivity index (χ2n) is 7.24. The summed E-state index contributed by atoms with van der Waals surface area (Å²) in [6.45, 7) is 1.79. The maximum Gasteiger partial charge on any atom is 0.254 e. The van der Waals surface area contributed by atoms with Crippen molar-refractivity contribution in [3.63, 3.8) is 0 Å². The molecule has 3 aromatic carbocycles. The summed E-state index contributed by atoms with van der Waals surface area (Å²) >= 11 is 0. The lowest BCUT2D eigenvalue weighted by molar-refractivity contribution is -0.133. The summed E-state index contributed by atoms with van der Waals surface area (Å²) in [7, 11) is 1.52. The summed E-state index contributed by atoms with van der Waals surface area (Å²) in [6.07, 6.45) is -1.49. The van der Waals surface area contributed by atoms with Crippen LogP contribution in [0.3, 0.4) is 0 Å². The number of carbonyl (C=O) groups is 1. The molecule has 0 saturated carbocycles. The minimum Gasteiger partial charge on any atom is -0.497 e. The molecule has 3 rings (SSSR count). The highest BCUT2D eigenvalue weighted by atomic mass is 19.1. The van der Waals surface area contributed by atoms with Crippen LogP contribution in [0.5, 0.6) is 17.2 Å². The molecule has 0 aromatic heterocycles. The Hall–Kier alpha value is -3.98. The Balaban J connectivity index is 1.75. The third kappa shape index (κ3) is 6.08. The lowest BCUT2D eigenvalue weighted by Crippen LogP contribution is -2.31. The van der Waals surface area contributed by atoms with Gasteiger partial charge in [-0.2, -0.15) is 0 Å². The van der Waals surface area contributed by atoms with E-state index in [-0.39, 0.29) is 24.7 Å². The number of carbonyl (C=O) groups excluding carboxylic acids is 1. The number of ether oxygens (including phenoxy) is 3. The number of amides is 1. The average Bonchev–Trinajstić information content (AvgIpc) is 2.82. The van der Waals surface area contributed by atoms with Crippen molar-refractivity contribution in [1.29, 1.82) is 5.41 Å². The van der Waals surface area contributed by atoms with E-state index >= 15 is 0 Å². The molecule has 1 unspecified atom stereocenters. The van der Waals surface area contributed by atoms with E-state index in [4.69, 9.17) is 25.4 Å². The number of rotatable bonds is 10. The number of nitrogen functional groups attached to an aromatic ring is 1. The molecule has 34 heavy (non-hydrogen) atoms. The third-order valence-corrected chi connectivity index (χ3v) is 4.91. The Bertz CT molecular complexity index is 1130. The Kier molecular flexibility index (Phi) is 8.15. The van der Waals surface area contributed by atoms with Gasteiger partial charge in [0.15, 0.2) is 6.10 Å². The first-order valence-electron chi connectivity index (χ1n) is 10.5. The van der Waals surface area contributed by atoms with Crippen molar-refractivity contribution in [3.8, 4) is 17.2 Å². The Labute approximate surface area is 196 Å². The molecular formula is C25H25F2N3O4. The fourth-order valence-electron chi connectivity index (χ4n) is 3.19. The summed E-state index contributed by atoms with van der Waals surface area (Å²) in [5.41, 5.74) is 6.19. The van der Waals surface area contributed by atoms with Gasteiger partial charge in [-0.15, -0.1) is 0 Å². The van der Waals surface area contributed by atoms with Gasteiger partial charge in [0.2, 0.25) is 0 Å². The van der Waals surface area contributed by atoms with Gasteiger partial charge in [-0.3, -0.25) is 10.2 Å². The molecule has 0 fully saturated rings. The predicted molar refractivity (Wildman–Crippen MR) is 123 cm³/mol. The van der Waals surface area contributed by atoms with E-state index in [9.17, 15) is 13.6 Å². The van der Waals surface area contributed by atoms with Crippen LogP contribution in [0.1, 0.15) is 29.7 Å². The van der Waals surface area contributed by atoms with Gasteiger partial charge in [-0.05, 0) is 36.8 Å². The molecule has 178 valence electrons. The van der Waals surface area contributed by atoms with Crippen molar-refractivity contribution < 1.29 is 27.8 Å². The number of nitrogens with one attached hydrogen (secondary N) is 2. The highest BCUT2D eigenvalue weighted by molar-refractivity contribution is 5.94. The van der Waals surface area contributed by atoms with Crippen molar-refractivity contribution in [1.82, 2.24) is 5.32 Å². The molecule has 0 radical (unpaired) electrons. The summed E-state index contributed by atoms with van der Waals surface area (Å²) in [6, 6.07) is 15.2. The fraction of sp³-hybridized carbons (Fsp3) is 0.200. The largest absolute Gasteiger partial charge is 0.497 e. The topological polar surface area (TPSA) is 107 Å². The van der Waals surface area contributed by atoms with E-state index in [0.29, 0.717) is 17.1 Å². The Morgan fingerprint density at radius 1 is 1.00 bits per heavy atom. The molecule has 0 heterocycles. The van der Waals surface area contributed by atoms with Crippen LogP contribution in [0.15, 0.2) is 60.7 Å². The number of nitrogens with two attached hydrogens (primary N) is 1. The number of amidine groups is 1. The predicted octanol–water partition coefficient (Wildman–Crippen LogP) is 4.44. The maximum absolute atomic E-state index is 14.9. The van der Waals surface area contributed by atoms with Crippen molar-refractivity contribution in [3.05, 3.63) is 89.0 Å². The van der Waals surface area contributed by atoms with Crippen LogP contribution in [0.25, 0.3) is 0 Å². The quantitative estimate of drug-likeness (QED) is 0.301. The van der Waals surface area contributed by atoms with Crippen LogP contribution in [0, 0.1) is 17.0 Å². The number of methoxy groups -OCH3 is 1. The number of hydrogen-bond donors (Lipinski definition) is 3. The zero-order chi connectivity index (χ0) is 24.7. The van der Waals surface area contributed by atoms with Crippen molar-refractivity contribution in [2.75, 3.05) is 13.7 Å². The standard InChI is InChI=1S/C25H25F2N3O4/c1-3-33-23(25(31)30-14-15-4-6-16(7-5-15)24(28)29)22-20(26)12-19(13-21(22)27)34-18-10-8-17(32-2)9-11-18/h4-13,23H,3,14H2,1-2H3,(H3,28,29)(H,30,31).